The van der Waals surface area contributed by atoms with Gasteiger partial charge in [0.15, 0.2) is 0 Å². The highest BCUT2D eigenvalue weighted by Crippen LogP contribution is 2.36. The molecule has 0 spiro atoms. The number of benzene rings is 4. The molecule has 0 saturated heterocycles. The Balaban J connectivity index is 1.18. The SMILES string of the molecule is CCOC(=O)c1c(NC(=O)C(C)Sc2cccc(NC(=O)/C(=C/c3c[nH]c4ccccc34)NC(=O)c3ccccc3)c2)sc(C(=O)Nc2ccccc2)c1C. The fourth-order valence-electron chi connectivity index (χ4n) is 5.60. The molecule has 0 aliphatic heterocycles. The van der Waals surface area contributed by atoms with E-state index < -0.39 is 34.8 Å². The van der Waals surface area contributed by atoms with Crippen LogP contribution in [0.4, 0.5) is 16.4 Å². The Kier molecular flexibility index (Phi) is 12.2. The highest BCUT2D eigenvalue weighted by Gasteiger charge is 2.28. The number of rotatable bonds is 13. The normalized spacial score (nSPS) is 11.7. The van der Waals surface area contributed by atoms with Gasteiger partial charge in [0.2, 0.25) is 5.91 Å². The van der Waals surface area contributed by atoms with Crippen molar-refractivity contribution in [2.45, 2.75) is 30.9 Å². The second-order valence-corrected chi connectivity index (χ2v) is 14.6. The number of thioether (sulfide) groups is 1. The summed E-state index contributed by atoms with van der Waals surface area (Å²) < 4.78 is 5.27. The van der Waals surface area contributed by atoms with Gasteiger partial charge in [-0.3, -0.25) is 19.2 Å². The topological polar surface area (TPSA) is 158 Å². The molecular formula is C42H37N5O6S2. The van der Waals surface area contributed by atoms with E-state index in [-0.39, 0.29) is 27.7 Å². The lowest BCUT2D eigenvalue weighted by molar-refractivity contribution is -0.115. The maximum Gasteiger partial charge on any atom is 0.341 e. The van der Waals surface area contributed by atoms with Crippen molar-refractivity contribution in [3.8, 4) is 0 Å². The molecular weight excluding hydrogens is 735 g/mol. The molecule has 2 heterocycles. The van der Waals surface area contributed by atoms with Gasteiger partial charge in [0.05, 0.1) is 22.3 Å². The van der Waals surface area contributed by atoms with Crippen molar-refractivity contribution >= 4 is 86.1 Å². The number of anilines is 3. The van der Waals surface area contributed by atoms with Crippen LogP contribution in [-0.4, -0.2) is 46.4 Å². The molecule has 6 aromatic rings. The number of fused-ring (bicyclic) bond motifs is 1. The average Bonchev–Trinajstić information content (AvgIpc) is 3.75. The number of para-hydroxylation sites is 2. The van der Waals surface area contributed by atoms with Gasteiger partial charge in [-0.05, 0) is 80.9 Å². The predicted octanol–water partition coefficient (Wildman–Crippen LogP) is 8.50. The summed E-state index contributed by atoms with van der Waals surface area (Å²) in [7, 11) is 0. The predicted molar refractivity (Wildman–Crippen MR) is 219 cm³/mol. The third kappa shape index (κ3) is 9.39. The van der Waals surface area contributed by atoms with E-state index in [4.69, 9.17) is 4.74 Å². The Labute approximate surface area is 325 Å². The Morgan fingerprint density at radius 2 is 1.51 bits per heavy atom. The number of carbonyl (C=O) groups excluding carboxylic acids is 5. The third-order valence-corrected chi connectivity index (χ3v) is 10.6. The van der Waals surface area contributed by atoms with Crippen molar-refractivity contribution < 1.29 is 28.7 Å². The molecule has 0 radical (unpaired) electrons. The first-order valence-corrected chi connectivity index (χ1v) is 19.0. The van der Waals surface area contributed by atoms with E-state index in [2.05, 4.69) is 26.3 Å². The number of aromatic amines is 1. The summed E-state index contributed by atoms with van der Waals surface area (Å²) in [6.07, 6.45) is 3.39. The quantitative estimate of drug-likeness (QED) is 0.0448. The van der Waals surface area contributed by atoms with E-state index in [1.807, 2.05) is 30.3 Å². The number of hydrogen-bond donors (Lipinski definition) is 5. The largest absolute Gasteiger partial charge is 0.462 e. The lowest BCUT2D eigenvalue weighted by Gasteiger charge is -2.14. The molecule has 0 bridgehead atoms. The van der Waals surface area contributed by atoms with Gasteiger partial charge in [-0.15, -0.1) is 23.1 Å². The molecule has 6 rings (SSSR count). The molecule has 1 unspecified atom stereocenters. The summed E-state index contributed by atoms with van der Waals surface area (Å²) in [6.45, 7) is 5.15. The van der Waals surface area contributed by atoms with Crippen LogP contribution in [0.3, 0.4) is 0 Å². The summed E-state index contributed by atoms with van der Waals surface area (Å²) >= 11 is 2.23. The van der Waals surface area contributed by atoms with Crippen LogP contribution in [0.25, 0.3) is 17.0 Å². The van der Waals surface area contributed by atoms with Crippen molar-refractivity contribution in [1.82, 2.24) is 10.3 Å². The molecule has 4 aromatic carbocycles. The number of H-pyrrole nitrogens is 1. The van der Waals surface area contributed by atoms with Crippen LogP contribution >= 0.6 is 23.1 Å². The molecule has 0 aliphatic carbocycles. The van der Waals surface area contributed by atoms with E-state index in [0.717, 1.165) is 22.2 Å². The molecule has 5 N–H and O–H groups in total. The zero-order valence-electron chi connectivity index (χ0n) is 30.1. The number of hydrogen-bond acceptors (Lipinski definition) is 8. The highest BCUT2D eigenvalue weighted by molar-refractivity contribution is 8.00. The molecule has 1 atom stereocenters. The molecule has 0 saturated carbocycles. The van der Waals surface area contributed by atoms with Crippen molar-refractivity contribution in [2.24, 2.45) is 0 Å². The third-order valence-electron chi connectivity index (χ3n) is 8.32. The second kappa shape index (κ2) is 17.6. The van der Waals surface area contributed by atoms with Gasteiger partial charge in [-0.2, -0.15) is 0 Å². The summed E-state index contributed by atoms with van der Waals surface area (Å²) in [5.74, 6) is -2.46. The van der Waals surface area contributed by atoms with Crippen LogP contribution < -0.4 is 21.3 Å². The van der Waals surface area contributed by atoms with Crippen LogP contribution in [0.2, 0.25) is 0 Å². The molecule has 0 aliphatic rings. The highest BCUT2D eigenvalue weighted by atomic mass is 32.2. The molecule has 13 heteroatoms. The molecule has 11 nitrogen and oxygen atoms in total. The molecule has 4 amide bonds. The minimum atomic E-state index is -0.660. The first-order valence-electron chi connectivity index (χ1n) is 17.3. The van der Waals surface area contributed by atoms with Gasteiger partial charge in [0, 0.05) is 44.5 Å². The van der Waals surface area contributed by atoms with Crippen molar-refractivity contribution in [1.29, 1.82) is 0 Å². The van der Waals surface area contributed by atoms with Crippen LogP contribution in [0, 0.1) is 6.92 Å². The van der Waals surface area contributed by atoms with Gasteiger partial charge in [-0.25, -0.2) is 4.79 Å². The standard InChI is InChI=1S/C42H37N5O6S2/c1-4-53-42(52)35-25(2)36(40(51)44-29-16-9-6-10-17-29)55-41(35)47-37(48)26(3)54-31-19-13-18-30(23-31)45-39(50)34(46-38(49)27-14-7-5-8-15-27)22-28-24-43-33-21-12-11-20-32(28)33/h5-24,26,43H,4H2,1-3H3,(H,44,51)(H,45,50)(H,46,49)(H,47,48)/b34-22-. The Morgan fingerprint density at radius 3 is 2.25 bits per heavy atom. The number of amides is 4. The summed E-state index contributed by atoms with van der Waals surface area (Å²) in [5.41, 5.74) is 3.57. The summed E-state index contributed by atoms with van der Waals surface area (Å²) in [5, 5.41) is 11.7. The maximum absolute atomic E-state index is 13.8. The van der Waals surface area contributed by atoms with Crippen molar-refractivity contribution in [3.63, 3.8) is 0 Å². The second-order valence-electron chi connectivity index (χ2n) is 12.2. The minimum absolute atomic E-state index is 0.0323. The Morgan fingerprint density at radius 1 is 0.818 bits per heavy atom. The Bertz CT molecular complexity index is 2410. The number of carbonyl (C=O) groups is 5. The van der Waals surface area contributed by atoms with Crippen molar-refractivity contribution in [3.05, 3.63) is 148 Å². The van der Waals surface area contributed by atoms with Crippen molar-refractivity contribution in [2.75, 3.05) is 22.6 Å². The number of nitrogens with one attached hydrogen (secondary N) is 5. The van der Waals surface area contributed by atoms with Crippen LogP contribution in [0.15, 0.2) is 126 Å². The fourth-order valence-corrected chi connectivity index (χ4v) is 7.62. The molecule has 278 valence electrons. The molecule has 55 heavy (non-hydrogen) atoms. The number of ether oxygens (including phenoxy) is 1. The first-order chi connectivity index (χ1) is 26.6. The van der Waals surface area contributed by atoms with Gasteiger partial charge in [-0.1, -0.05) is 60.7 Å². The van der Waals surface area contributed by atoms with Gasteiger partial charge in [0.1, 0.15) is 10.7 Å². The van der Waals surface area contributed by atoms with Gasteiger partial charge >= 0.3 is 5.97 Å². The summed E-state index contributed by atoms with van der Waals surface area (Å²) in [6, 6.07) is 32.1. The van der Waals surface area contributed by atoms with E-state index in [1.165, 1.54) is 11.8 Å². The van der Waals surface area contributed by atoms with E-state index in [1.54, 1.807) is 112 Å². The first kappa shape index (κ1) is 38.3. The number of thiophene rings is 1. The minimum Gasteiger partial charge on any atom is -0.462 e. The summed E-state index contributed by atoms with van der Waals surface area (Å²) in [4.78, 5) is 70.8. The van der Waals surface area contributed by atoms with Crippen LogP contribution in [0.1, 0.15) is 55.4 Å². The van der Waals surface area contributed by atoms with E-state index >= 15 is 0 Å². The van der Waals surface area contributed by atoms with E-state index in [0.29, 0.717) is 33.0 Å². The van der Waals surface area contributed by atoms with Crippen LogP contribution in [-0.2, 0) is 14.3 Å². The molecule has 0 fully saturated rings. The average molecular weight is 772 g/mol. The lowest BCUT2D eigenvalue weighted by Crippen LogP contribution is -2.30. The van der Waals surface area contributed by atoms with E-state index in [9.17, 15) is 24.0 Å². The van der Waals surface area contributed by atoms with Gasteiger partial charge < -0.3 is 31.0 Å². The number of esters is 1. The molecule has 2 aromatic heterocycles. The van der Waals surface area contributed by atoms with Gasteiger partial charge in [0.25, 0.3) is 17.7 Å². The maximum atomic E-state index is 13.8. The zero-order chi connectivity index (χ0) is 38.9. The lowest BCUT2D eigenvalue weighted by atomic mass is 10.1. The smallest absolute Gasteiger partial charge is 0.341 e. The number of aromatic nitrogens is 1. The zero-order valence-corrected chi connectivity index (χ0v) is 31.7. The Hall–Kier alpha value is -6.44. The monoisotopic (exact) mass is 771 g/mol. The van der Waals surface area contributed by atoms with Crippen LogP contribution in [0.5, 0.6) is 0 Å². The fraction of sp³-hybridized carbons (Fsp3) is 0.119.